The molecule has 0 amide bonds. The van der Waals surface area contributed by atoms with E-state index >= 15 is 0 Å². The maximum absolute atomic E-state index is 4.37. The Balaban J connectivity index is 1.92. The smallest absolute Gasteiger partial charge is 0.225 e. The van der Waals surface area contributed by atoms with Crippen LogP contribution in [0.1, 0.15) is 30.9 Å². The van der Waals surface area contributed by atoms with Crippen molar-refractivity contribution in [2.24, 2.45) is 0 Å². The number of hydrogen-bond donors (Lipinski definition) is 0. The fourth-order valence-corrected chi connectivity index (χ4v) is 2.53. The predicted octanol–water partition coefficient (Wildman–Crippen LogP) is 2.60. The van der Waals surface area contributed by atoms with Gasteiger partial charge in [0.2, 0.25) is 5.95 Å². The number of pyridine rings is 1. The first-order chi connectivity index (χ1) is 8.95. The van der Waals surface area contributed by atoms with Crippen molar-refractivity contribution in [3.63, 3.8) is 0 Å². The van der Waals surface area contributed by atoms with Gasteiger partial charge >= 0.3 is 0 Å². The van der Waals surface area contributed by atoms with Crippen molar-refractivity contribution < 1.29 is 0 Å². The molecule has 92 valence electrons. The monoisotopic (exact) mass is 240 g/mol. The maximum Gasteiger partial charge on any atom is 0.225 e. The molecule has 0 spiro atoms. The molecule has 1 aliphatic rings. The highest BCUT2D eigenvalue weighted by Gasteiger charge is 2.25. The van der Waals surface area contributed by atoms with Gasteiger partial charge in [-0.1, -0.05) is 6.07 Å². The Labute approximate surface area is 107 Å². The molecule has 0 aromatic carbocycles. The number of piperidine rings is 1. The second kappa shape index (κ2) is 5.12. The van der Waals surface area contributed by atoms with Crippen molar-refractivity contribution in [1.82, 2.24) is 15.0 Å². The molecule has 1 aliphatic heterocycles. The summed E-state index contributed by atoms with van der Waals surface area (Å²) in [6.07, 6.45) is 11.0. The molecule has 0 aliphatic carbocycles. The van der Waals surface area contributed by atoms with Crippen LogP contribution in [0.5, 0.6) is 0 Å². The number of anilines is 1. The van der Waals surface area contributed by atoms with Gasteiger partial charge in [0, 0.05) is 31.3 Å². The quantitative estimate of drug-likeness (QED) is 0.809. The summed E-state index contributed by atoms with van der Waals surface area (Å²) in [4.78, 5) is 15.3. The van der Waals surface area contributed by atoms with Crippen molar-refractivity contribution in [2.75, 3.05) is 11.4 Å². The lowest BCUT2D eigenvalue weighted by Gasteiger charge is -2.35. The zero-order valence-corrected chi connectivity index (χ0v) is 10.2. The molecule has 1 saturated heterocycles. The molecule has 0 bridgehead atoms. The van der Waals surface area contributed by atoms with Crippen LogP contribution in [0.25, 0.3) is 0 Å². The molecular formula is C14H16N4. The Bertz CT molecular complexity index is 438. The summed E-state index contributed by atoms with van der Waals surface area (Å²) in [5.41, 5.74) is 1.25. The lowest BCUT2D eigenvalue weighted by Crippen LogP contribution is -2.34. The van der Waals surface area contributed by atoms with E-state index in [0.29, 0.717) is 6.04 Å². The molecule has 18 heavy (non-hydrogen) atoms. The van der Waals surface area contributed by atoms with Gasteiger partial charge in [0.1, 0.15) is 0 Å². The lowest BCUT2D eigenvalue weighted by molar-refractivity contribution is 0.464. The molecule has 0 radical (unpaired) electrons. The van der Waals surface area contributed by atoms with Gasteiger partial charge in [-0.2, -0.15) is 0 Å². The molecule has 4 nitrogen and oxygen atoms in total. The summed E-state index contributed by atoms with van der Waals surface area (Å²) in [5.74, 6) is 0.825. The third kappa shape index (κ3) is 2.18. The van der Waals surface area contributed by atoms with Gasteiger partial charge in [-0.3, -0.25) is 4.98 Å². The molecule has 0 N–H and O–H groups in total. The third-order valence-corrected chi connectivity index (χ3v) is 3.38. The van der Waals surface area contributed by atoms with E-state index in [1.165, 1.54) is 18.4 Å². The molecule has 1 fully saturated rings. The Hall–Kier alpha value is -1.97. The number of nitrogens with zero attached hydrogens (tertiary/aromatic N) is 4. The van der Waals surface area contributed by atoms with Crippen LogP contribution in [0.3, 0.4) is 0 Å². The standard InChI is InChI=1S/C14H16N4/c1-2-10-18(14-16-8-4-9-17-14)13(6-1)12-5-3-7-15-11-12/h3-5,7-9,11,13H,1-2,6,10H2. The van der Waals surface area contributed by atoms with Crippen LogP contribution in [0, 0.1) is 0 Å². The van der Waals surface area contributed by atoms with Crippen LogP contribution >= 0.6 is 0 Å². The van der Waals surface area contributed by atoms with Gasteiger partial charge in [0.05, 0.1) is 6.04 Å². The van der Waals surface area contributed by atoms with E-state index in [4.69, 9.17) is 0 Å². The zero-order chi connectivity index (χ0) is 12.2. The fourth-order valence-electron chi connectivity index (χ4n) is 2.53. The van der Waals surface area contributed by atoms with Crippen LogP contribution in [-0.2, 0) is 0 Å². The second-order valence-corrected chi connectivity index (χ2v) is 4.54. The van der Waals surface area contributed by atoms with Gasteiger partial charge in [-0.05, 0) is 37.0 Å². The minimum atomic E-state index is 0.356. The van der Waals surface area contributed by atoms with E-state index < -0.39 is 0 Å². The second-order valence-electron chi connectivity index (χ2n) is 4.54. The van der Waals surface area contributed by atoms with Gasteiger partial charge in [0.25, 0.3) is 0 Å². The Morgan fingerprint density at radius 3 is 2.72 bits per heavy atom. The first kappa shape index (κ1) is 11.1. The van der Waals surface area contributed by atoms with Crippen molar-refractivity contribution in [3.8, 4) is 0 Å². The van der Waals surface area contributed by atoms with Crippen molar-refractivity contribution in [3.05, 3.63) is 48.5 Å². The highest BCUT2D eigenvalue weighted by Crippen LogP contribution is 2.32. The van der Waals surface area contributed by atoms with Crippen molar-refractivity contribution in [2.45, 2.75) is 25.3 Å². The van der Waals surface area contributed by atoms with E-state index in [2.05, 4.69) is 25.9 Å². The number of rotatable bonds is 2. The van der Waals surface area contributed by atoms with Crippen LogP contribution in [0.15, 0.2) is 43.0 Å². The summed E-state index contributed by atoms with van der Waals surface area (Å²) in [5, 5.41) is 0. The van der Waals surface area contributed by atoms with E-state index in [0.717, 1.165) is 18.9 Å². The molecule has 2 aromatic heterocycles. The molecule has 3 heterocycles. The van der Waals surface area contributed by atoms with E-state index in [-0.39, 0.29) is 0 Å². The van der Waals surface area contributed by atoms with Crippen LogP contribution in [-0.4, -0.2) is 21.5 Å². The van der Waals surface area contributed by atoms with Crippen LogP contribution in [0.4, 0.5) is 5.95 Å². The minimum absolute atomic E-state index is 0.356. The molecule has 4 heteroatoms. The average molecular weight is 240 g/mol. The lowest BCUT2D eigenvalue weighted by atomic mass is 9.97. The summed E-state index contributed by atoms with van der Waals surface area (Å²) in [7, 11) is 0. The van der Waals surface area contributed by atoms with Crippen LogP contribution < -0.4 is 4.90 Å². The molecule has 1 unspecified atom stereocenters. The Morgan fingerprint density at radius 1 is 1.06 bits per heavy atom. The fraction of sp³-hybridized carbons (Fsp3) is 0.357. The molecule has 0 saturated carbocycles. The molecular weight excluding hydrogens is 224 g/mol. The van der Waals surface area contributed by atoms with Gasteiger partial charge in [0.15, 0.2) is 0 Å². The summed E-state index contributed by atoms with van der Waals surface area (Å²) in [6, 6.07) is 6.34. The summed E-state index contributed by atoms with van der Waals surface area (Å²) in [6.45, 7) is 1.02. The van der Waals surface area contributed by atoms with Gasteiger partial charge in [-0.15, -0.1) is 0 Å². The Morgan fingerprint density at radius 2 is 1.94 bits per heavy atom. The summed E-state index contributed by atoms with van der Waals surface area (Å²) >= 11 is 0. The zero-order valence-electron chi connectivity index (χ0n) is 10.2. The SMILES string of the molecule is c1cnc(N2CCCCC2c2cccnc2)nc1. The topological polar surface area (TPSA) is 41.9 Å². The number of hydrogen-bond acceptors (Lipinski definition) is 4. The normalized spacial score (nSPS) is 19.8. The first-order valence-corrected chi connectivity index (χ1v) is 6.39. The minimum Gasteiger partial charge on any atom is -0.334 e. The third-order valence-electron chi connectivity index (χ3n) is 3.38. The molecule has 3 rings (SSSR count). The molecule has 1 atom stereocenters. The largest absolute Gasteiger partial charge is 0.334 e. The van der Waals surface area contributed by atoms with E-state index in [1.54, 1.807) is 12.4 Å². The Kier molecular flexibility index (Phi) is 3.17. The van der Waals surface area contributed by atoms with Gasteiger partial charge in [-0.25, -0.2) is 9.97 Å². The van der Waals surface area contributed by atoms with Crippen molar-refractivity contribution in [1.29, 1.82) is 0 Å². The van der Waals surface area contributed by atoms with E-state index in [1.807, 2.05) is 24.5 Å². The molecule has 2 aromatic rings. The number of aromatic nitrogens is 3. The average Bonchev–Trinajstić information content (AvgIpc) is 2.49. The van der Waals surface area contributed by atoms with Crippen molar-refractivity contribution >= 4 is 5.95 Å². The summed E-state index contributed by atoms with van der Waals surface area (Å²) < 4.78 is 0. The van der Waals surface area contributed by atoms with E-state index in [9.17, 15) is 0 Å². The predicted molar refractivity (Wildman–Crippen MR) is 70.2 cm³/mol. The van der Waals surface area contributed by atoms with Crippen LogP contribution in [0.2, 0.25) is 0 Å². The maximum atomic E-state index is 4.37. The first-order valence-electron chi connectivity index (χ1n) is 6.39. The highest BCUT2D eigenvalue weighted by atomic mass is 15.3. The van der Waals surface area contributed by atoms with Gasteiger partial charge < -0.3 is 4.90 Å². The highest BCUT2D eigenvalue weighted by molar-refractivity contribution is 5.35.